The van der Waals surface area contributed by atoms with Crippen LogP contribution in [-0.2, 0) is 9.53 Å². The van der Waals surface area contributed by atoms with Gasteiger partial charge in [0.15, 0.2) is 5.65 Å². The van der Waals surface area contributed by atoms with Gasteiger partial charge in [-0.2, -0.15) is 14.7 Å². The predicted octanol–water partition coefficient (Wildman–Crippen LogP) is 4.30. The summed E-state index contributed by atoms with van der Waals surface area (Å²) in [4.78, 5) is 16.9. The predicted molar refractivity (Wildman–Crippen MR) is 131 cm³/mol. The molecule has 0 atom stereocenters. The molecule has 3 N–H and O–H groups in total. The molecule has 0 saturated heterocycles. The summed E-state index contributed by atoms with van der Waals surface area (Å²) in [7, 11) is 1.55. The van der Waals surface area contributed by atoms with E-state index in [1.165, 1.54) is 0 Å². The van der Waals surface area contributed by atoms with E-state index in [1.54, 1.807) is 24.0 Å². The Morgan fingerprint density at radius 2 is 1.97 bits per heavy atom. The summed E-state index contributed by atoms with van der Waals surface area (Å²) in [5.41, 5.74) is 9.75. The lowest BCUT2D eigenvalue weighted by Gasteiger charge is -2.36. The lowest BCUT2D eigenvalue weighted by Crippen LogP contribution is -2.39. The van der Waals surface area contributed by atoms with Gasteiger partial charge >= 0.3 is 5.97 Å². The van der Waals surface area contributed by atoms with Crippen molar-refractivity contribution in [3.63, 3.8) is 0 Å². The fourth-order valence-electron chi connectivity index (χ4n) is 4.81. The van der Waals surface area contributed by atoms with Gasteiger partial charge < -0.3 is 15.6 Å². The molecule has 5 rings (SSSR count). The van der Waals surface area contributed by atoms with Crippen LogP contribution in [0.5, 0.6) is 0 Å². The topological polar surface area (TPSA) is 121 Å². The average Bonchev–Trinajstić information content (AvgIpc) is 3.50. The quantitative estimate of drug-likeness (QED) is 0.385. The van der Waals surface area contributed by atoms with E-state index in [1.807, 2.05) is 41.2 Å². The Bertz CT molecular complexity index is 1340. The summed E-state index contributed by atoms with van der Waals surface area (Å²) >= 11 is 3.62. The van der Waals surface area contributed by atoms with Crippen LogP contribution in [0.2, 0.25) is 0 Å². The summed E-state index contributed by atoms with van der Waals surface area (Å²) in [6, 6.07) is 9.87. The minimum atomic E-state index is -0.846. The number of para-hydroxylation sites is 1. The fourth-order valence-corrected chi connectivity index (χ4v) is 5.39. The van der Waals surface area contributed by atoms with Crippen LogP contribution < -0.4 is 5.73 Å². The van der Waals surface area contributed by atoms with Crippen molar-refractivity contribution in [2.24, 2.45) is 5.41 Å². The number of rotatable bonds is 6. The number of aromatic nitrogens is 5. The van der Waals surface area contributed by atoms with Crippen molar-refractivity contribution in [2.75, 3.05) is 19.5 Å². The molecule has 0 amide bonds. The van der Waals surface area contributed by atoms with Crippen molar-refractivity contribution < 1.29 is 14.6 Å². The van der Waals surface area contributed by atoms with Crippen molar-refractivity contribution in [1.29, 1.82) is 0 Å². The first-order valence-corrected chi connectivity index (χ1v) is 11.9. The van der Waals surface area contributed by atoms with Gasteiger partial charge in [-0.05, 0) is 53.7 Å². The van der Waals surface area contributed by atoms with Crippen LogP contribution >= 0.6 is 15.9 Å². The molecule has 0 radical (unpaired) electrons. The van der Waals surface area contributed by atoms with Crippen LogP contribution in [-0.4, -0.2) is 49.2 Å². The van der Waals surface area contributed by atoms with Crippen LogP contribution in [0.25, 0.3) is 22.5 Å². The Kier molecular flexibility index (Phi) is 5.86. The fraction of sp³-hybridized carbons (Fsp3) is 0.333. The smallest absolute Gasteiger partial charge is 0.311 e. The first-order chi connectivity index (χ1) is 16.4. The number of benzene rings is 1. The first-order valence-electron chi connectivity index (χ1n) is 11.1. The van der Waals surface area contributed by atoms with E-state index in [0.717, 1.165) is 22.5 Å². The highest BCUT2D eigenvalue weighted by Crippen LogP contribution is 2.45. The third kappa shape index (κ3) is 3.76. The lowest BCUT2D eigenvalue weighted by atomic mass is 9.70. The van der Waals surface area contributed by atoms with Gasteiger partial charge in [0, 0.05) is 30.4 Å². The second kappa shape index (κ2) is 8.84. The van der Waals surface area contributed by atoms with E-state index in [-0.39, 0.29) is 12.5 Å². The number of methoxy groups -OCH3 is 1. The van der Waals surface area contributed by atoms with Crippen molar-refractivity contribution >= 4 is 33.4 Å². The Morgan fingerprint density at radius 1 is 1.24 bits per heavy atom. The Labute approximate surface area is 204 Å². The molecule has 34 heavy (non-hydrogen) atoms. The molecule has 0 bridgehead atoms. The molecule has 0 unspecified atom stereocenters. The van der Waals surface area contributed by atoms with E-state index in [2.05, 4.69) is 26.1 Å². The Hall–Kier alpha value is -3.24. The number of fused-ring (bicyclic) bond motifs is 1. The van der Waals surface area contributed by atoms with Crippen molar-refractivity contribution in [3.05, 3.63) is 59.1 Å². The molecule has 1 aliphatic rings. The molecule has 10 heteroatoms. The van der Waals surface area contributed by atoms with Crippen LogP contribution in [0.3, 0.4) is 0 Å². The van der Waals surface area contributed by atoms with E-state index >= 15 is 0 Å². The van der Waals surface area contributed by atoms with Gasteiger partial charge in [0.05, 0.1) is 40.3 Å². The van der Waals surface area contributed by atoms with E-state index < -0.39 is 11.4 Å². The lowest BCUT2D eigenvalue weighted by molar-refractivity contribution is -0.155. The van der Waals surface area contributed by atoms with Gasteiger partial charge in [-0.1, -0.05) is 18.2 Å². The molecule has 176 valence electrons. The molecule has 1 saturated carbocycles. The second-order valence-electron chi connectivity index (χ2n) is 8.79. The molecular formula is C24H25BrN6O3. The maximum absolute atomic E-state index is 11.9. The van der Waals surface area contributed by atoms with Gasteiger partial charge in [0.25, 0.3) is 0 Å². The number of halogens is 1. The van der Waals surface area contributed by atoms with Crippen LogP contribution in [0.4, 0.5) is 5.82 Å². The average molecular weight is 525 g/mol. The largest absolute Gasteiger partial charge is 0.481 e. The highest BCUT2D eigenvalue weighted by atomic mass is 79.9. The van der Waals surface area contributed by atoms with Crippen LogP contribution in [0, 0.1) is 5.41 Å². The number of nitrogen functional groups attached to an aromatic ring is 1. The highest BCUT2D eigenvalue weighted by molar-refractivity contribution is 9.10. The highest BCUT2D eigenvalue weighted by Gasteiger charge is 2.43. The number of hydrogen-bond acceptors (Lipinski definition) is 6. The number of anilines is 1. The number of carbonyl (C=O) groups is 1. The van der Waals surface area contributed by atoms with Gasteiger partial charge in [0.2, 0.25) is 0 Å². The molecule has 4 aromatic rings. The molecule has 1 aliphatic carbocycles. The zero-order valence-electron chi connectivity index (χ0n) is 18.7. The van der Waals surface area contributed by atoms with E-state index in [4.69, 9.17) is 15.5 Å². The molecule has 1 fully saturated rings. The van der Waals surface area contributed by atoms with E-state index in [9.17, 15) is 9.90 Å². The molecule has 3 heterocycles. The Balaban J connectivity index is 1.50. The second-order valence-corrected chi connectivity index (χ2v) is 9.58. The SMILES string of the molecule is COCC1(C(=O)O)CCC(c2nc3c(-c4cnn(-c5ccccc5)c4)cnn3c(N)c2Br)CC1. The summed E-state index contributed by atoms with van der Waals surface area (Å²) in [6.07, 6.45) is 7.90. The number of hydrogen-bond donors (Lipinski definition) is 2. The number of nitrogens with two attached hydrogens (primary N) is 1. The molecule has 0 spiro atoms. The van der Waals surface area contributed by atoms with Crippen molar-refractivity contribution in [3.8, 4) is 16.8 Å². The van der Waals surface area contributed by atoms with Gasteiger partial charge in [-0.15, -0.1) is 0 Å². The summed E-state index contributed by atoms with van der Waals surface area (Å²) in [5, 5.41) is 18.7. The number of carboxylic acids is 1. The minimum Gasteiger partial charge on any atom is -0.481 e. The monoisotopic (exact) mass is 524 g/mol. The van der Waals surface area contributed by atoms with Crippen LogP contribution in [0.1, 0.15) is 37.3 Å². The van der Waals surface area contributed by atoms with Gasteiger partial charge in [-0.25, -0.2) is 9.67 Å². The number of nitrogens with zero attached hydrogens (tertiary/aromatic N) is 5. The summed E-state index contributed by atoms with van der Waals surface area (Å²) < 4.78 is 9.37. The van der Waals surface area contributed by atoms with Crippen LogP contribution in [0.15, 0.2) is 53.4 Å². The molecule has 1 aromatic carbocycles. The maximum atomic E-state index is 11.9. The normalized spacial score (nSPS) is 20.6. The number of ether oxygens (including phenoxy) is 1. The molecular weight excluding hydrogens is 500 g/mol. The zero-order chi connectivity index (χ0) is 23.9. The molecule has 3 aromatic heterocycles. The third-order valence-corrected chi connectivity index (χ3v) is 7.58. The van der Waals surface area contributed by atoms with Gasteiger partial charge in [0.1, 0.15) is 5.82 Å². The number of aliphatic carboxylic acids is 1. The first kappa shape index (κ1) is 22.5. The maximum Gasteiger partial charge on any atom is 0.311 e. The van der Waals surface area contributed by atoms with Crippen molar-refractivity contribution in [2.45, 2.75) is 31.6 Å². The standard InChI is InChI=1S/C24H25BrN6O3/c1-34-14-24(23(32)33)9-7-15(8-10-24)20-19(25)21(26)31-22(29-20)18(12-28-31)16-11-27-30(13-16)17-5-3-2-4-6-17/h2-6,11-13,15H,7-10,14,26H2,1H3,(H,32,33). The summed E-state index contributed by atoms with van der Waals surface area (Å²) in [5.74, 6) is -0.252. The minimum absolute atomic E-state index is 0.0841. The van der Waals surface area contributed by atoms with Gasteiger partial charge in [-0.3, -0.25) is 4.79 Å². The Morgan fingerprint density at radius 3 is 2.65 bits per heavy atom. The van der Waals surface area contributed by atoms with E-state index in [0.29, 0.717) is 41.6 Å². The zero-order valence-corrected chi connectivity index (χ0v) is 20.3. The molecule has 9 nitrogen and oxygen atoms in total. The summed E-state index contributed by atoms with van der Waals surface area (Å²) in [6.45, 7) is 0.211. The number of carboxylic acid groups (broad SMARTS) is 1. The third-order valence-electron chi connectivity index (χ3n) is 6.77. The van der Waals surface area contributed by atoms with Crippen molar-refractivity contribution in [1.82, 2.24) is 24.4 Å². The molecule has 0 aliphatic heterocycles.